The zero-order chi connectivity index (χ0) is 18.7. The number of anilines is 1. The Balaban J connectivity index is 1.38. The van der Waals surface area contributed by atoms with E-state index in [4.69, 9.17) is 4.98 Å². The molecule has 2 aliphatic rings. The maximum Gasteiger partial charge on any atom is 0.237 e. The molecule has 0 radical (unpaired) electrons. The summed E-state index contributed by atoms with van der Waals surface area (Å²) in [6, 6.07) is 18.6. The van der Waals surface area contributed by atoms with Gasteiger partial charge in [0, 0.05) is 18.2 Å². The number of nitrogens with one attached hydrogen (secondary N) is 2. The molecule has 5 nitrogen and oxygen atoms in total. The van der Waals surface area contributed by atoms with Gasteiger partial charge in [0.15, 0.2) is 0 Å². The molecule has 2 aromatic carbocycles. The molecular formula is C23H18N4O. The van der Waals surface area contributed by atoms with Crippen molar-refractivity contribution in [2.24, 2.45) is 0 Å². The lowest BCUT2D eigenvalue weighted by molar-refractivity contribution is -0.120. The van der Waals surface area contributed by atoms with Crippen molar-refractivity contribution in [3.05, 3.63) is 88.9 Å². The van der Waals surface area contributed by atoms with Crippen molar-refractivity contribution in [3.8, 4) is 0 Å². The van der Waals surface area contributed by atoms with Gasteiger partial charge in [-0.05, 0) is 47.7 Å². The van der Waals surface area contributed by atoms with Gasteiger partial charge in [0.25, 0.3) is 0 Å². The van der Waals surface area contributed by atoms with Crippen LogP contribution < -0.4 is 5.32 Å². The second-order valence-electron chi connectivity index (χ2n) is 7.77. The molecule has 1 amide bonds. The van der Waals surface area contributed by atoms with Crippen LogP contribution in [0.3, 0.4) is 0 Å². The van der Waals surface area contributed by atoms with E-state index in [2.05, 4.69) is 39.6 Å². The first-order chi connectivity index (χ1) is 13.7. The number of aromatic amines is 1. The number of H-pyrrole nitrogens is 1. The first kappa shape index (κ1) is 15.6. The average Bonchev–Trinajstić information content (AvgIpc) is 3.34. The summed E-state index contributed by atoms with van der Waals surface area (Å²) in [5.41, 5.74) is 6.14. The van der Waals surface area contributed by atoms with E-state index in [9.17, 15) is 4.79 Å². The standard InChI is InChI=1S/C23H18N4O/c28-22-23(17-7-4-8-24-21(17)27-22)12-15-10-18-19(11-16(15)13-23)26-20(25-18)9-14-5-2-1-3-6-14/h1-8,10-11H,9,12-13H2,(H,25,26)(H,24,27,28). The van der Waals surface area contributed by atoms with E-state index >= 15 is 0 Å². The minimum atomic E-state index is -0.530. The van der Waals surface area contributed by atoms with Crippen LogP contribution in [-0.2, 0) is 29.5 Å². The Labute approximate surface area is 161 Å². The molecule has 136 valence electrons. The Morgan fingerprint density at radius 2 is 1.82 bits per heavy atom. The molecule has 2 N–H and O–H groups in total. The highest BCUT2D eigenvalue weighted by molar-refractivity contribution is 6.06. The van der Waals surface area contributed by atoms with Crippen molar-refractivity contribution < 1.29 is 4.79 Å². The fourth-order valence-corrected chi connectivity index (χ4v) is 4.70. The Hall–Kier alpha value is -3.47. The number of aromatic nitrogens is 3. The third kappa shape index (κ3) is 2.16. The summed E-state index contributed by atoms with van der Waals surface area (Å²) >= 11 is 0. The van der Waals surface area contributed by atoms with Crippen LogP contribution in [0.1, 0.15) is 28.1 Å². The first-order valence-electron chi connectivity index (χ1n) is 9.53. The van der Waals surface area contributed by atoms with E-state index in [1.165, 1.54) is 16.7 Å². The summed E-state index contributed by atoms with van der Waals surface area (Å²) in [7, 11) is 0. The van der Waals surface area contributed by atoms with Crippen LogP contribution in [0.25, 0.3) is 11.0 Å². The smallest absolute Gasteiger partial charge is 0.237 e. The molecule has 0 fully saturated rings. The van der Waals surface area contributed by atoms with Crippen molar-refractivity contribution in [2.45, 2.75) is 24.7 Å². The number of carbonyl (C=O) groups excluding carboxylic acids is 1. The highest BCUT2D eigenvalue weighted by Gasteiger charge is 2.51. The molecule has 1 unspecified atom stereocenters. The van der Waals surface area contributed by atoms with Gasteiger partial charge in [-0.25, -0.2) is 9.97 Å². The summed E-state index contributed by atoms with van der Waals surface area (Å²) in [6.07, 6.45) is 3.91. The molecule has 3 heterocycles. The fourth-order valence-electron chi connectivity index (χ4n) is 4.70. The van der Waals surface area contributed by atoms with Crippen LogP contribution in [0.15, 0.2) is 60.8 Å². The molecule has 1 spiro atoms. The zero-order valence-corrected chi connectivity index (χ0v) is 15.2. The Bertz CT molecular complexity index is 1200. The third-order valence-corrected chi connectivity index (χ3v) is 6.04. The average molecular weight is 366 g/mol. The number of hydrogen-bond donors (Lipinski definition) is 2. The minimum absolute atomic E-state index is 0.0544. The summed E-state index contributed by atoms with van der Waals surface area (Å²) in [4.78, 5) is 25.4. The lowest BCUT2D eigenvalue weighted by Crippen LogP contribution is -2.35. The number of benzene rings is 2. The van der Waals surface area contributed by atoms with E-state index in [0.717, 1.165) is 28.8 Å². The number of imidazole rings is 1. The van der Waals surface area contributed by atoms with E-state index < -0.39 is 5.41 Å². The Kier molecular flexibility index (Phi) is 3.07. The lowest BCUT2D eigenvalue weighted by Gasteiger charge is -2.20. The van der Waals surface area contributed by atoms with Gasteiger partial charge in [-0.15, -0.1) is 0 Å². The fraction of sp³-hybridized carbons (Fsp3) is 0.174. The van der Waals surface area contributed by atoms with Crippen LogP contribution in [0, 0.1) is 0 Å². The molecular weight excluding hydrogens is 348 g/mol. The molecule has 2 aromatic heterocycles. The quantitative estimate of drug-likeness (QED) is 0.570. The van der Waals surface area contributed by atoms with Crippen LogP contribution >= 0.6 is 0 Å². The molecule has 6 rings (SSSR count). The number of rotatable bonds is 2. The molecule has 1 aliphatic heterocycles. The third-order valence-electron chi connectivity index (χ3n) is 6.04. The van der Waals surface area contributed by atoms with Gasteiger partial charge in [-0.3, -0.25) is 4.79 Å². The second kappa shape index (κ2) is 5.52. The molecule has 1 aliphatic carbocycles. The molecule has 28 heavy (non-hydrogen) atoms. The van der Waals surface area contributed by atoms with Crippen molar-refractivity contribution >= 4 is 22.8 Å². The highest BCUT2D eigenvalue weighted by Crippen LogP contribution is 2.47. The SMILES string of the molecule is O=C1Nc2ncccc2C12Cc1cc3nc(Cc4ccccc4)[nH]c3cc1C2. The lowest BCUT2D eigenvalue weighted by atomic mass is 9.79. The zero-order valence-electron chi connectivity index (χ0n) is 15.2. The summed E-state index contributed by atoms with van der Waals surface area (Å²) in [6.45, 7) is 0. The minimum Gasteiger partial charge on any atom is -0.342 e. The van der Waals surface area contributed by atoms with Crippen molar-refractivity contribution in [3.63, 3.8) is 0 Å². The van der Waals surface area contributed by atoms with Crippen molar-refractivity contribution in [1.82, 2.24) is 15.0 Å². The summed E-state index contributed by atoms with van der Waals surface area (Å²) in [5, 5.41) is 2.96. The molecule has 4 aromatic rings. The monoisotopic (exact) mass is 366 g/mol. The highest BCUT2D eigenvalue weighted by atomic mass is 16.2. The maximum absolute atomic E-state index is 12.8. The van der Waals surface area contributed by atoms with Crippen LogP contribution in [0.5, 0.6) is 0 Å². The number of carbonyl (C=O) groups is 1. The second-order valence-corrected chi connectivity index (χ2v) is 7.77. The van der Waals surface area contributed by atoms with E-state index in [-0.39, 0.29) is 5.91 Å². The Morgan fingerprint density at radius 1 is 1.00 bits per heavy atom. The van der Waals surface area contributed by atoms with Gasteiger partial charge in [0.2, 0.25) is 5.91 Å². The van der Waals surface area contributed by atoms with Gasteiger partial charge >= 0.3 is 0 Å². The van der Waals surface area contributed by atoms with Gasteiger partial charge in [-0.2, -0.15) is 0 Å². The number of nitrogens with zero attached hydrogens (tertiary/aromatic N) is 2. The van der Waals surface area contributed by atoms with Crippen molar-refractivity contribution in [2.75, 3.05) is 5.32 Å². The van der Waals surface area contributed by atoms with Gasteiger partial charge in [0.05, 0.1) is 16.4 Å². The number of fused-ring (bicyclic) bond motifs is 4. The molecule has 0 saturated heterocycles. The molecule has 5 heteroatoms. The topological polar surface area (TPSA) is 70.7 Å². The first-order valence-corrected chi connectivity index (χ1v) is 9.53. The Morgan fingerprint density at radius 3 is 2.68 bits per heavy atom. The molecule has 1 atom stereocenters. The summed E-state index contributed by atoms with van der Waals surface area (Å²) < 4.78 is 0. The molecule has 0 bridgehead atoms. The van der Waals surface area contributed by atoms with E-state index in [1.54, 1.807) is 6.20 Å². The van der Waals surface area contributed by atoms with Gasteiger partial charge < -0.3 is 10.3 Å². The van der Waals surface area contributed by atoms with E-state index in [0.29, 0.717) is 18.7 Å². The van der Waals surface area contributed by atoms with Gasteiger partial charge in [-0.1, -0.05) is 36.4 Å². The number of hydrogen-bond acceptors (Lipinski definition) is 3. The maximum atomic E-state index is 12.8. The molecule has 0 saturated carbocycles. The normalized spacial score (nSPS) is 16.4. The van der Waals surface area contributed by atoms with E-state index in [1.807, 2.05) is 30.3 Å². The summed E-state index contributed by atoms with van der Waals surface area (Å²) in [5.74, 6) is 1.72. The number of amides is 1. The largest absolute Gasteiger partial charge is 0.342 e. The van der Waals surface area contributed by atoms with Crippen LogP contribution in [0.4, 0.5) is 5.82 Å². The van der Waals surface area contributed by atoms with Gasteiger partial charge in [0.1, 0.15) is 11.6 Å². The number of pyridine rings is 1. The predicted molar refractivity (Wildman–Crippen MR) is 107 cm³/mol. The predicted octanol–water partition coefficient (Wildman–Crippen LogP) is 3.54. The van der Waals surface area contributed by atoms with Crippen LogP contribution in [0.2, 0.25) is 0 Å². The van der Waals surface area contributed by atoms with Crippen LogP contribution in [-0.4, -0.2) is 20.9 Å². The van der Waals surface area contributed by atoms with Crippen molar-refractivity contribution in [1.29, 1.82) is 0 Å².